The Morgan fingerprint density at radius 2 is 1.80 bits per heavy atom. The summed E-state index contributed by atoms with van der Waals surface area (Å²) in [6, 6.07) is 2.84. The molecule has 0 spiro atoms. The number of hydrogen-bond donors (Lipinski definition) is 2. The summed E-state index contributed by atoms with van der Waals surface area (Å²) in [6.45, 7) is 0. The molecule has 2 amide bonds. The van der Waals surface area contributed by atoms with Crippen molar-refractivity contribution in [2.45, 2.75) is 43.6 Å². The quantitative estimate of drug-likeness (QED) is 0.592. The Morgan fingerprint density at radius 1 is 1.10 bits per heavy atom. The second-order valence-electron chi connectivity index (χ2n) is 7.21. The Kier molecular flexibility index (Phi) is 6.04. The maximum atomic E-state index is 12.6. The van der Waals surface area contributed by atoms with Crippen molar-refractivity contribution in [1.82, 2.24) is 19.5 Å². The zero-order valence-corrected chi connectivity index (χ0v) is 20.1. The minimum atomic E-state index is -4.10. The Hall–Kier alpha value is -1.72. The Bertz CT molecular complexity index is 1170. The van der Waals surface area contributed by atoms with Gasteiger partial charge in [0.2, 0.25) is 5.13 Å². The Balaban J connectivity index is 0.00000218. The molecule has 151 valence electrons. The summed E-state index contributed by atoms with van der Waals surface area (Å²) >= 11 is 1.33. The molecule has 0 saturated heterocycles. The molecule has 1 radical (unpaired) electrons. The summed E-state index contributed by atoms with van der Waals surface area (Å²) in [4.78, 5) is 16.7. The van der Waals surface area contributed by atoms with E-state index in [4.69, 9.17) is 0 Å². The molecule has 3 aromatic rings. The third kappa shape index (κ3) is 3.94. The van der Waals surface area contributed by atoms with E-state index >= 15 is 0 Å². The second-order valence-corrected chi connectivity index (χ2v) is 9.71. The predicted octanol–water partition coefficient (Wildman–Crippen LogP) is 2.44. The molecule has 0 bridgehead atoms. The van der Waals surface area contributed by atoms with E-state index in [1.165, 1.54) is 39.4 Å². The number of carbonyl (C=O) groups is 1. The van der Waals surface area contributed by atoms with E-state index < -0.39 is 16.1 Å². The van der Waals surface area contributed by atoms with Crippen LogP contribution in [0.5, 0.6) is 0 Å². The van der Waals surface area contributed by atoms with Crippen LogP contribution in [0.1, 0.15) is 35.1 Å². The number of thiazole rings is 1. The third-order valence-electron chi connectivity index (χ3n) is 5.39. The largest absolute Gasteiger partial charge is 0.333 e. The zero-order valence-electron chi connectivity index (χ0n) is 16.5. The second kappa shape index (κ2) is 8.43. The molecule has 2 aromatic heterocycles. The van der Waals surface area contributed by atoms with E-state index in [0.29, 0.717) is 5.13 Å². The summed E-state index contributed by atoms with van der Waals surface area (Å²) in [6.07, 6.45) is 9.05. The summed E-state index contributed by atoms with van der Waals surface area (Å²) < 4.78 is 28.7. The van der Waals surface area contributed by atoms with E-state index in [9.17, 15) is 13.2 Å². The van der Waals surface area contributed by atoms with Gasteiger partial charge in [0.05, 0.1) is 0 Å². The number of aromatic nitrogens is 3. The molecule has 0 unspecified atom stereocenters. The normalized spacial score (nSPS) is 14.7. The van der Waals surface area contributed by atoms with Gasteiger partial charge in [-0.05, 0) is 66.8 Å². The van der Waals surface area contributed by atoms with Crippen LogP contribution in [-0.4, -0.2) is 58.8 Å². The summed E-state index contributed by atoms with van der Waals surface area (Å²) in [5.41, 5.74) is 5.63. The summed E-state index contributed by atoms with van der Waals surface area (Å²) in [5, 5.41) is 8.95. The van der Waals surface area contributed by atoms with Crippen molar-refractivity contribution in [2.75, 3.05) is 5.32 Å². The SMILES string of the molecule is O=C(Nc1c2c(cc3c1CCC3)CCC2)NS(=O)(=O)c1ccn(-c2nccs2)n1.[Na]. The zero-order chi connectivity index (χ0) is 20.0. The first-order valence-corrected chi connectivity index (χ1v) is 11.8. The van der Waals surface area contributed by atoms with E-state index in [1.807, 2.05) is 0 Å². The molecule has 2 aliphatic rings. The monoisotopic (exact) mass is 452 g/mol. The molecular weight excluding hydrogens is 433 g/mol. The van der Waals surface area contributed by atoms with Crippen molar-refractivity contribution in [3.8, 4) is 5.13 Å². The van der Waals surface area contributed by atoms with E-state index in [0.717, 1.165) is 55.3 Å². The standard InChI is InChI=1S/C19H19N5O3S2.Na/c25-18(21-17-14-5-1-3-12(14)11-13-4-2-6-15(13)17)23-29(26,27)16-7-9-24(22-16)19-20-8-10-28-19;/h7-11H,1-6H2,(H2,21,23,25);. The number of aryl methyl sites for hydroxylation is 2. The van der Waals surface area contributed by atoms with Gasteiger partial charge in [0.15, 0.2) is 5.03 Å². The first-order valence-electron chi connectivity index (χ1n) is 9.47. The molecule has 0 fully saturated rings. The number of nitrogens with zero attached hydrogens (tertiary/aromatic N) is 3. The molecule has 2 N–H and O–H groups in total. The van der Waals surface area contributed by atoms with Gasteiger partial charge in [-0.3, -0.25) is 0 Å². The van der Waals surface area contributed by atoms with Gasteiger partial charge in [-0.1, -0.05) is 6.07 Å². The van der Waals surface area contributed by atoms with Crippen LogP contribution in [0.3, 0.4) is 0 Å². The molecule has 1 aromatic carbocycles. The van der Waals surface area contributed by atoms with Gasteiger partial charge >= 0.3 is 6.03 Å². The number of carbonyl (C=O) groups excluding carboxylic acids is 1. The fraction of sp³-hybridized carbons (Fsp3) is 0.316. The number of rotatable bonds is 4. The van der Waals surface area contributed by atoms with Crippen LogP contribution in [0.2, 0.25) is 0 Å². The maximum absolute atomic E-state index is 12.6. The molecule has 8 nitrogen and oxygen atoms in total. The fourth-order valence-corrected chi connectivity index (χ4v) is 5.58. The van der Waals surface area contributed by atoms with Crippen molar-refractivity contribution in [3.05, 3.63) is 52.2 Å². The van der Waals surface area contributed by atoms with Gasteiger partial charge < -0.3 is 5.32 Å². The van der Waals surface area contributed by atoms with Crippen molar-refractivity contribution >= 4 is 62.6 Å². The van der Waals surface area contributed by atoms with Gasteiger partial charge in [0, 0.05) is 53.0 Å². The molecule has 0 atom stereocenters. The molecule has 30 heavy (non-hydrogen) atoms. The van der Waals surface area contributed by atoms with E-state index in [2.05, 4.69) is 26.2 Å². The summed E-state index contributed by atoms with van der Waals surface area (Å²) in [7, 11) is -4.10. The van der Waals surface area contributed by atoms with E-state index in [1.54, 1.807) is 11.6 Å². The van der Waals surface area contributed by atoms with Crippen molar-refractivity contribution in [1.29, 1.82) is 0 Å². The van der Waals surface area contributed by atoms with E-state index in [-0.39, 0.29) is 34.6 Å². The topological polar surface area (TPSA) is 106 Å². The van der Waals surface area contributed by atoms with Crippen molar-refractivity contribution in [3.63, 3.8) is 0 Å². The molecule has 5 rings (SSSR count). The van der Waals surface area contributed by atoms with Crippen LogP contribution in [0.4, 0.5) is 10.5 Å². The van der Waals surface area contributed by atoms with Crippen LogP contribution >= 0.6 is 11.3 Å². The predicted molar refractivity (Wildman–Crippen MR) is 115 cm³/mol. The van der Waals surface area contributed by atoms with Gasteiger partial charge in [0.1, 0.15) is 0 Å². The average molecular weight is 453 g/mol. The van der Waals surface area contributed by atoms with Crippen molar-refractivity contribution in [2.24, 2.45) is 0 Å². The minimum absolute atomic E-state index is 0. The molecule has 0 aliphatic heterocycles. The average Bonchev–Trinajstić information content (AvgIpc) is 3.46. The van der Waals surface area contributed by atoms with Crippen LogP contribution in [0.25, 0.3) is 5.13 Å². The van der Waals surface area contributed by atoms with Crippen molar-refractivity contribution < 1.29 is 13.2 Å². The first-order chi connectivity index (χ1) is 14.0. The number of benzene rings is 1. The molecule has 2 aliphatic carbocycles. The van der Waals surface area contributed by atoms with Gasteiger partial charge in [-0.25, -0.2) is 19.2 Å². The Morgan fingerprint density at radius 3 is 2.43 bits per heavy atom. The van der Waals surface area contributed by atoms with Gasteiger partial charge in [0.25, 0.3) is 10.0 Å². The molecular formula is C19H19N5NaO3S2. The smallest absolute Gasteiger partial charge is 0.307 e. The number of hydrogen-bond acceptors (Lipinski definition) is 6. The Labute approximate surface area is 200 Å². The molecule has 11 heteroatoms. The van der Waals surface area contributed by atoms with Gasteiger partial charge in [-0.2, -0.15) is 13.5 Å². The van der Waals surface area contributed by atoms with Crippen LogP contribution < -0.4 is 10.0 Å². The van der Waals surface area contributed by atoms with Crippen LogP contribution in [0, 0.1) is 0 Å². The fourth-order valence-electron chi connectivity index (χ4n) is 4.17. The van der Waals surface area contributed by atoms with Crippen LogP contribution in [0.15, 0.2) is 34.9 Å². The number of sulfonamides is 1. The number of urea groups is 1. The number of anilines is 1. The van der Waals surface area contributed by atoms with Gasteiger partial charge in [-0.15, -0.1) is 11.3 Å². The molecule has 0 saturated carbocycles. The summed E-state index contributed by atoms with van der Waals surface area (Å²) in [5.74, 6) is 0. The maximum Gasteiger partial charge on any atom is 0.333 e. The third-order valence-corrected chi connectivity index (χ3v) is 7.38. The first kappa shape index (κ1) is 21.5. The number of nitrogens with one attached hydrogen (secondary N) is 2. The number of amides is 2. The van der Waals surface area contributed by atoms with Crippen LogP contribution in [-0.2, 0) is 35.7 Å². The molecule has 2 heterocycles. The minimum Gasteiger partial charge on any atom is -0.307 e. The number of fused-ring (bicyclic) bond motifs is 2.